The van der Waals surface area contributed by atoms with Crippen molar-refractivity contribution < 1.29 is 27.6 Å². The molecule has 37 heavy (non-hydrogen) atoms. The van der Waals surface area contributed by atoms with E-state index in [0.29, 0.717) is 22.6 Å². The van der Waals surface area contributed by atoms with Gasteiger partial charge in [-0.25, -0.2) is 0 Å². The fourth-order valence-corrected chi connectivity index (χ4v) is 6.42. The second-order valence-corrected chi connectivity index (χ2v) is 10.9. The highest BCUT2D eigenvalue weighted by molar-refractivity contribution is 7.16. The minimum absolute atomic E-state index is 0.0398. The average molecular weight is 592 g/mol. The molecule has 0 radical (unpaired) electrons. The molecule has 1 aliphatic heterocycles. The van der Waals surface area contributed by atoms with Crippen LogP contribution >= 0.6 is 46.1 Å². The Morgan fingerprint density at radius 2 is 1.78 bits per heavy atom. The third-order valence-electron chi connectivity index (χ3n) is 6.34. The van der Waals surface area contributed by atoms with Crippen LogP contribution in [0, 0.1) is 12.3 Å². The zero-order valence-corrected chi connectivity index (χ0v) is 22.3. The zero-order chi connectivity index (χ0) is 27.0. The van der Waals surface area contributed by atoms with E-state index in [1.54, 1.807) is 0 Å². The summed E-state index contributed by atoms with van der Waals surface area (Å²) in [6, 6.07) is 2.15. The van der Waals surface area contributed by atoms with Crippen LogP contribution in [0.1, 0.15) is 63.3 Å². The van der Waals surface area contributed by atoms with Crippen LogP contribution in [-0.4, -0.2) is 30.1 Å². The fourth-order valence-electron chi connectivity index (χ4n) is 4.48. The average Bonchev–Trinajstić information content (AvgIpc) is 3.47. The molecule has 4 rings (SSSR count). The maximum Gasteiger partial charge on any atom is 0.435 e. The number of carbonyl (C=O) groups excluding carboxylic acids is 2. The molecule has 1 N–H and O–H groups in total. The molecule has 2 aromatic rings. The monoisotopic (exact) mass is 590 g/mol. The summed E-state index contributed by atoms with van der Waals surface area (Å²) in [5, 5.41) is 6.03. The first-order valence-corrected chi connectivity index (χ1v) is 13.3. The van der Waals surface area contributed by atoms with Crippen LogP contribution in [0.3, 0.4) is 0 Å². The molecule has 1 aromatic heterocycles. The normalized spacial score (nSPS) is 19.0. The summed E-state index contributed by atoms with van der Waals surface area (Å²) in [5.41, 5.74) is -1.43. The molecule has 0 saturated carbocycles. The number of nitrogens with zero attached hydrogens (tertiary/aromatic N) is 1. The molecule has 5 nitrogen and oxygen atoms in total. The van der Waals surface area contributed by atoms with Crippen molar-refractivity contribution in [1.29, 1.82) is 0 Å². The molecule has 0 bridgehead atoms. The molecule has 0 saturated heterocycles. The smallest absolute Gasteiger partial charge is 0.374 e. The van der Waals surface area contributed by atoms with E-state index in [0.717, 1.165) is 47.4 Å². The lowest BCUT2D eigenvalue weighted by Gasteiger charge is -2.30. The highest BCUT2D eigenvalue weighted by atomic mass is 35.5. The molecule has 0 unspecified atom stereocenters. The third kappa shape index (κ3) is 5.35. The summed E-state index contributed by atoms with van der Waals surface area (Å²) >= 11 is 19.1. The van der Waals surface area contributed by atoms with Crippen LogP contribution in [-0.2, 0) is 28.1 Å². The first-order chi connectivity index (χ1) is 17.5. The third-order valence-corrected chi connectivity index (χ3v) is 8.90. The Morgan fingerprint density at radius 1 is 1.14 bits per heavy atom. The zero-order valence-electron chi connectivity index (χ0n) is 19.2. The molecule has 0 spiro atoms. The van der Waals surface area contributed by atoms with Gasteiger partial charge in [0, 0.05) is 18.4 Å². The number of rotatable bonds is 7. The molecule has 12 heteroatoms. The van der Waals surface area contributed by atoms with E-state index in [4.69, 9.17) is 46.1 Å². The van der Waals surface area contributed by atoms with Crippen LogP contribution < -0.4 is 5.32 Å². The lowest BCUT2D eigenvalue weighted by molar-refractivity contribution is -0.275. The van der Waals surface area contributed by atoms with E-state index in [-0.39, 0.29) is 57.4 Å². The summed E-state index contributed by atoms with van der Waals surface area (Å²) in [6.07, 6.45) is 2.47. The van der Waals surface area contributed by atoms with Crippen LogP contribution in [0.25, 0.3) is 0 Å². The number of thiophene rings is 1. The van der Waals surface area contributed by atoms with Gasteiger partial charge in [0.05, 0.1) is 37.8 Å². The maximum atomic E-state index is 14.5. The number of amides is 1. The number of carbonyl (C=O) groups is 2. The number of hydrogen-bond donors (Lipinski definition) is 1. The van der Waals surface area contributed by atoms with E-state index in [9.17, 15) is 22.8 Å². The lowest BCUT2D eigenvalue weighted by atomic mass is 9.85. The molecule has 1 aromatic carbocycles. The molecule has 0 fully saturated rings. The van der Waals surface area contributed by atoms with Gasteiger partial charge in [-0.3, -0.25) is 9.59 Å². The maximum absolute atomic E-state index is 14.5. The van der Waals surface area contributed by atoms with Gasteiger partial charge in [0.1, 0.15) is 5.71 Å². The summed E-state index contributed by atoms with van der Waals surface area (Å²) in [4.78, 5) is 31.0. The van der Waals surface area contributed by atoms with Gasteiger partial charge >= 0.3 is 6.18 Å². The molecule has 1 aliphatic carbocycles. The summed E-state index contributed by atoms with van der Waals surface area (Å²) in [7, 11) is 0. The molecule has 1 atom stereocenters. The Kier molecular flexibility index (Phi) is 8.15. The van der Waals surface area contributed by atoms with Crippen molar-refractivity contribution in [3.63, 3.8) is 0 Å². The van der Waals surface area contributed by atoms with Gasteiger partial charge in [0.25, 0.3) is 5.60 Å². The Balaban J connectivity index is 1.66. The van der Waals surface area contributed by atoms with Crippen LogP contribution in [0.4, 0.5) is 13.2 Å². The van der Waals surface area contributed by atoms with Gasteiger partial charge in [0.15, 0.2) is 5.78 Å². The van der Waals surface area contributed by atoms with Crippen molar-refractivity contribution in [1.82, 2.24) is 5.32 Å². The van der Waals surface area contributed by atoms with Gasteiger partial charge in [-0.2, -0.15) is 13.2 Å². The standard InChI is InChI=1S/C25H20Cl3F3N2O3S/c1-2-9-32-20(35)8-7-19(34)23-15-6-4-3-5-14(15)22(37-23)18-12-24(36-33-18,25(29,30)31)13-10-16(26)21(28)17(27)11-13/h1,10-11H,3-9,12H2,(H,32,35)/t24-/m0/s1. The number of alkyl halides is 3. The number of terminal acetylenes is 1. The number of nitrogens with one attached hydrogen (secondary N) is 1. The SMILES string of the molecule is C#CCNC(=O)CCC(=O)c1sc(C2=NO[C@@](c3cc(Cl)c(Cl)c(Cl)c3)(C(F)(F)F)C2)c2c1CCCC2. The van der Waals surface area contributed by atoms with Crippen molar-refractivity contribution in [2.75, 3.05) is 6.54 Å². The largest absolute Gasteiger partial charge is 0.435 e. The van der Waals surface area contributed by atoms with Crippen molar-refractivity contribution in [3.8, 4) is 12.3 Å². The topological polar surface area (TPSA) is 67.8 Å². The molecular formula is C25H20Cl3F3N2O3S. The molecule has 2 heterocycles. The quantitative estimate of drug-likeness (QED) is 0.217. The van der Waals surface area contributed by atoms with Gasteiger partial charge < -0.3 is 10.2 Å². The van der Waals surface area contributed by atoms with E-state index >= 15 is 0 Å². The second kappa shape index (κ2) is 10.9. The number of ketones is 1. The number of benzene rings is 1. The summed E-state index contributed by atoms with van der Waals surface area (Å²) < 4.78 is 43.4. The Morgan fingerprint density at radius 3 is 2.41 bits per heavy atom. The minimum Gasteiger partial charge on any atom is -0.374 e. The number of fused-ring (bicyclic) bond motifs is 1. The van der Waals surface area contributed by atoms with Crippen LogP contribution in [0.5, 0.6) is 0 Å². The van der Waals surface area contributed by atoms with E-state index in [2.05, 4.69) is 16.4 Å². The predicted molar refractivity (Wildman–Crippen MR) is 138 cm³/mol. The highest BCUT2D eigenvalue weighted by Crippen LogP contribution is 2.51. The van der Waals surface area contributed by atoms with Gasteiger partial charge in [-0.1, -0.05) is 45.9 Å². The molecule has 196 valence electrons. The number of Topliss-reactive ketones (excluding diaryl/α,β-unsaturated/α-hetero) is 1. The van der Waals surface area contributed by atoms with Gasteiger partial charge in [0.2, 0.25) is 5.91 Å². The Hall–Kier alpha value is -2.25. The Labute approximate surface area is 230 Å². The van der Waals surface area contributed by atoms with Crippen LogP contribution in [0.2, 0.25) is 15.1 Å². The number of halogens is 6. The highest BCUT2D eigenvalue weighted by Gasteiger charge is 2.62. The summed E-state index contributed by atoms with van der Waals surface area (Å²) in [5.74, 6) is 1.70. The fraction of sp³-hybridized carbons (Fsp3) is 0.400. The van der Waals surface area contributed by atoms with E-state index < -0.39 is 18.2 Å². The second-order valence-electron chi connectivity index (χ2n) is 8.71. The van der Waals surface area contributed by atoms with Crippen molar-refractivity contribution >= 4 is 63.5 Å². The first kappa shape index (κ1) is 27.8. The molecule has 2 aliphatic rings. The van der Waals surface area contributed by atoms with Crippen molar-refractivity contribution in [2.24, 2.45) is 5.16 Å². The summed E-state index contributed by atoms with van der Waals surface area (Å²) in [6.45, 7) is 0.0659. The number of oxime groups is 1. The molecule has 1 amide bonds. The number of hydrogen-bond acceptors (Lipinski definition) is 5. The first-order valence-electron chi connectivity index (χ1n) is 11.3. The predicted octanol–water partition coefficient (Wildman–Crippen LogP) is 6.88. The Bertz CT molecular complexity index is 1310. The lowest BCUT2D eigenvalue weighted by Crippen LogP contribution is -2.42. The van der Waals surface area contributed by atoms with E-state index in [1.165, 1.54) is 0 Å². The molecular weight excluding hydrogens is 572 g/mol. The van der Waals surface area contributed by atoms with Crippen molar-refractivity contribution in [3.05, 3.63) is 53.6 Å². The minimum atomic E-state index is -4.86. The van der Waals surface area contributed by atoms with E-state index in [1.807, 2.05) is 0 Å². The van der Waals surface area contributed by atoms with Gasteiger partial charge in [-0.15, -0.1) is 17.8 Å². The van der Waals surface area contributed by atoms with Gasteiger partial charge in [-0.05, 0) is 48.9 Å². The van der Waals surface area contributed by atoms with Crippen molar-refractivity contribution in [2.45, 2.75) is 56.7 Å². The van der Waals surface area contributed by atoms with Crippen LogP contribution in [0.15, 0.2) is 17.3 Å².